The van der Waals surface area contributed by atoms with Gasteiger partial charge in [0.1, 0.15) is 0 Å². The van der Waals surface area contributed by atoms with E-state index in [1.54, 1.807) is 0 Å². The van der Waals surface area contributed by atoms with Crippen LogP contribution in [0, 0.1) is 0 Å². The lowest BCUT2D eigenvalue weighted by molar-refractivity contribution is -0.170. The summed E-state index contributed by atoms with van der Waals surface area (Å²) in [5, 5.41) is 11.1. The predicted octanol–water partition coefficient (Wildman–Crippen LogP) is 3.61. The molecule has 1 aliphatic heterocycles. The summed E-state index contributed by atoms with van der Waals surface area (Å²) in [6.45, 7) is 3.70. The van der Waals surface area contributed by atoms with Crippen LogP contribution in [0.25, 0.3) is 11.1 Å². The van der Waals surface area contributed by atoms with Gasteiger partial charge in [-0.2, -0.15) is 0 Å². The molecule has 0 spiro atoms. The summed E-state index contributed by atoms with van der Waals surface area (Å²) in [4.78, 5) is 12.5. The van der Waals surface area contributed by atoms with Crippen LogP contribution in [-0.2, 0) is 4.79 Å². The van der Waals surface area contributed by atoms with Crippen LogP contribution in [0.4, 0.5) is 0 Å². The molecule has 2 aromatic rings. The quantitative estimate of drug-likeness (QED) is 0.853. The minimum absolute atomic E-state index is 0.356. The Morgan fingerprint density at radius 1 is 0.857 bits per heavy atom. The van der Waals surface area contributed by atoms with Crippen molar-refractivity contribution in [2.45, 2.75) is 19.4 Å². The topological polar surface area (TPSA) is 40.5 Å². The van der Waals surface area contributed by atoms with Crippen molar-refractivity contribution in [2.75, 3.05) is 0 Å². The first kappa shape index (κ1) is 13.6. The molecule has 0 saturated carbocycles. The van der Waals surface area contributed by atoms with E-state index in [1.165, 1.54) is 0 Å². The Hall–Kier alpha value is -2.39. The number of amides is 1. The van der Waals surface area contributed by atoms with Crippen LogP contribution >= 0.6 is 0 Å². The van der Waals surface area contributed by atoms with Gasteiger partial charge >= 0.3 is 0 Å². The number of hydrogen-bond donors (Lipinski definition) is 1. The zero-order valence-corrected chi connectivity index (χ0v) is 12.1. The summed E-state index contributed by atoms with van der Waals surface area (Å²) in [5.74, 6) is -0.356. The Balaban J connectivity index is 2.30. The van der Waals surface area contributed by atoms with Crippen LogP contribution in [0.15, 0.2) is 60.7 Å². The highest BCUT2D eigenvalue weighted by atomic mass is 16.5. The molecule has 0 bridgehead atoms. The second kappa shape index (κ2) is 4.86. The van der Waals surface area contributed by atoms with Crippen molar-refractivity contribution in [2.24, 2.45) is 0 Å². The highest BCUT2D eigenvalue weighted by molar-refractivity contribution is 6.31. The Bertz CT molecular complexity index is 703. The van der Waals surface area contributed by atoms with Crippen molar-refractivity contribution in [3.05, 3.63) is 71.8 Å². The third-order valence-electron chi connectivity index (χ3n) is 3.92. The third kappa shape index (κ3) is 2.06. The zero-order chi connectivity index (χ0) is 15.0. The maximum atomic E-state index is 12.5. The van der Waals surface area contributed by atoms with Gasteiger partial charge in [-0.05, 0) is 25.0 Å². The summed E-state index contributed by atoms with van der Waals surface area (Å²) in [6.07, 6.45) is 0. The van der Waals surface area contributed by atoms with E-state index < -0.39 is 5.54 Å². The Labute approximate surface area is 124 Å². The van der Waals surface area contributed by atoms with Crippen molar-refractivity contribution in [3.63, 3.8) is 0 Å². The smallest absolute Gasteiger partial charge is 0.279 e. The maximum absolute atomic E-state index is 12.5. The molecule has 1 heterocycles. The zero-order valence-electron chi connectivity index (χ0n) is 12.1. The van der Waals surface area contributed by atoms with Gasteiger partial charge in [-0.15, -0.1) is 0 Å². The summed E-state index contributed by atoms with van der Waals surface area (Å²) >= 11 is 0. The van der Waals surface area contributed by atoms with Gasteiger partial charge in [0.2, 0.25) is 0 Å². The lowest BCUT2D eigenvalue weighted by atomic mass is 9.86. The number of nitrogens with zero attached hydrogens (tertiary/aromatic N) is 1. The summed E-state index contributed by atoms with van der Waals surface area (Å²) < 4.78 is 0. The fourth-order valence-corrected chi connectivity index (χ4v) is 2.85. The monoisotopic (exact) mass is 279 g/mol. The van der Waals surface area contributed by atoms with Crippen LogP contribution in [-0.4, -0.2) is 21.7 Å². The van der Waals surface area contributed by atoms with Gasteiger partial charge in [0, 0.05) is 5.57 Å². The van der Waals surface area contributed by atoms with Crippen LogP contribution in [0.1, 0.15) is 25.0 Å². The molecule has 1 aliphatic rings. The summed E-state index contributed by atoms with van der Waals surface area (Å²) in [5.41, 5.74) is 2.43. The molecule has 0 atom stereocenters. The molecule has 0 saturated heterocycles. The minimum atomic E-state index is -0.760. The van der Waals surface area contributed by atoms with Gasteiger partial charge in [-0.3, -0.25) is 10.0 Å². The molecule has 0 aromatic heterocycles. The lowest BCUT2D eigenvalue weighted by Crippen LogP contribution is -2.40. The van der Waals surface area contributed by atoms with E-state index in [0.717, 1.165) is 21.8 Å². The van der Waals surface area contributed by atoms with E-state index in [1.807, 2.05) is 74.5 Å². The Morgan fingerprint density at radius 3 is 1.86 bits per heavy atom. The highest BCUT2D eigenvalue weighted by Crippen LogP contribution is 2.44. The van der Waals surface area contributed by atoms with Crippen molar-refractivity contribution in [1.29, 1.82) is 0 Å². The number of carbonyl (C=O) groups excluding carboxylic acids is 1. The summed E-state index contributed by atoms with van der Waals surface area (Å²) in [7, 11) is 0. The van der Waals surface area contributed by atoms with Crippen LogP contribution in [0.5, 0.6) is 0 Å². The van der Waals surface area contributed by atoms with Gasteiger partial charge in [0.25, 0.3) is 5.91 Å². The molecule has 3 rings (SSSR count). The van der Waals surface area contributed by atoms with E-state index in [2.05, 4.69) is 0 Å². The van der Waals surface area contributed by atoms with E-state index in [4.69, 9.17) is 0 Å². The molecule has 0 radical (unpaired) electrons. The summed E-state index contributed by atoms with van der Waals surface area (Å²) in [6, 6.07) is 19.2. The standard InChI is InChI=1S/C18H17NO2/c1-18(2)16(14-11-7-4-8-12-14)15(17(20)19(18)21)13-9-5-3-6-10-13/h3-12,21H,1-2H3. The molecule has 106 valence electrons. The van der Waals surface area contributed by atoms with Gasteiger partial charge in [0.15, 0.2) is 0 Å². The Kier molecular flexibility index (Phi) is 3.15. The second-order valence-corrected chi connectivity index (χ2v) is 5.66. The first-order chi connectivity index (χ1) is 10.0. The average molecular weight is 279 g/mol. The fourth-order valence-electron chi connectivity index (χ4n) is 2.85. The maximum Gasteiger partial charge on any atom is 0.279 e. The average Bonchev–Trinajstić information content (AvgIpc) is 2.69. The lowest BCUT2D eigenvalue weighted by Gasteiger charge is -2.28. The number of rotatable bonds is 2. The SMILES string of the molecule is CC1(C)C(c2ccccc2)=C(c2ccccc2)C(=O)N1O. The van der Waals surface area contributed by atoms with Crippen molar-refractivity contribution in [3.8, 4) is 0 Å². The Morgan fingerprint density at radius 2 is 1.33 bits per heavy atom. The van der Waals surface area contributed by atoms with Crippen molar-refractivity contribution in [1.82, 2.24) is 5.06 Å². The van der Waals surface area contributed by atoms with Gasteiger partial charge in [0.05, 0.1) is 11.1 Å². The highest BCUT2D eigenvalue weighted by Gasteiger charge is 2.45. The first-order valence-electron chi connectivity index (χ1n) is 6.92. The molecular weight excluding hydrogens is 262 g/mol. The molecule has 0 aliphatic carbocycles. The van der Waals surface area contributed by atoms with Gasteiger partial charge < -0.3 is 0 Å². The minimum Gasteiger partial charge on any atom is -0.285 e. The van der Waals surface area contributed by atoms with Crippen LogP contribution in [0.2, 0.25) is 0 Å². The van der Waals surface area contributed by atoms with E-state index >= 15 is 0 Å². The van der Waals surface area contributed by atoms with Gasteiger partial charge in [-0.25, -0.2) is 5.06 Å². The van der Waals surface area contributed by atoms with Crippen LogP contribution in [0.3, 0.4) is 0 Å². The third-order valence-corrected chi connectivity index (χ3v) is 3.92. The van der Waals surface area contributed by atoms with E-state index in [-0.39, 0.29) is 5.91 Å². The molecule has 0 fully saturated rings. The molecule has 1 N–H and O–H groups in total. The largest absolute Gasteiger partial charge is 0.285 e. The number of hydroxylamine groups is 2. The van der Waals surface area contributed by atoms with Crippen LogP contribution < -0.4 is 0 Å². The van der Waals surface area contributed by atoms with Crippen molar-refractivity contribution < 1.29 is 10.0 Å². The normalized spacial score (nSPS) is 17.5. The number of hydrogen-bond acceptors (Lipinski definition) is 2. The second-order valence-electron chi connectivity index (χ2n) is 5.66. The molecule has 3 heteroatoms. The molecular formula is C18H17NO2. The predicted molar refractivity (Wildman–Crippen MR) is 82.4 cm³/mol. The van der Waals surface area contributed by atoms with E-state index in [9.17, 15) is 10.0 Å². The molecule has 2 aromatic carbocycles. The van der Waals surface area contributed by atoms with E-state index in [0.29, 0.717) is 5.57 Å². The van der Waals surface area contributed by atoms with Gasteiger partial charge in [-0.1, -0.05) is 60.7 Å². The van der Waals surface area contributed by atoms with Crippen molar-refractivity contribution >= 4 is 17.1 Å². The molecule has 0 unspecified atom stereocenters. The fraction of sp³-hybridized carbons (Fsp3) is 0.167. The molecule has 3 nitrogen and oxygen atoms in total. The first-order valence-corrected chi connectivity index (χ1v) is 6.92. The molecule has 21 heavy (non-hydrogen) atoms. The molecule has 1 amide bonds. The number of benzene rings is 2. The number of carbonyl (C=O) groups is 1.